The topological polar surface area (TPSA) is 89.6 Å². The van der Waals surface area contributed by atoms with E-state index in [0.717, 1.165) is 5.56 Å². The quantitative estimate of drug-likeness (QED) is 0.813. The van der Waals surface area contributed by atoms with Crippen molar-refractivity contribution in [2.24, 2.45) is 5.73 Å². The smallest absolute Gasteiger partial charge is 0.404 e. The van der Waals surface area contributed by atoms with E-state index in [2.05, 4.69) is 10.5 Å². The molecule has 0 unspecified atom stereocenters. The molecule has 0 aromatic heterocycles. The molecular formula is C11H15NO4. The Hall–Kier alpha value is -2.04. The predicted molar refractivity (Wildman–Crippen MR) is 59.0 cm³/mol. The Morgan fingerprint density at radius 1 is 1.31 bits per heavy atom. The van der Waals surface area contributed by atoms with Crippen molar-refractivity contribution in [1.82, 2.24) is 0 Å². The number of rotatable bonds is 3. The molecule has 16 heavy (non-hydrogen) atoms. The third-order valence-corrected chi connectivity index (χ3v) is 1.67. The standard InChI is InChI=1S/C9H10O2.C2H5NO2/c10-9(11)7-6-8-4-2-1-3-5-8;1-5-2(3)4/h1-5H,6-7H2,(H,10,11);1H3,(H2,3,4). The Labute approximate surface area is 93.8 Å². The van der Waals surface area contributed by atoms with Crippen molar-refractivity contribution in [3.8, 4) is 0 Å². The summed E-state index contributed by atoms with van der Waals surface area (Å²) in [4.78, 5) is 19.5. The molecule has 1 aromatic carbocycles. The van der Waals surface area contributed by atoms with Crippen molar-refractivity contribution in [2.45, 2.75) is 12.8 Å². The summed E-state index contributed by atoms with van der Waals surface area (Å²) in [6.07, 6.45) is 0.0881. The summed E-state index contributed by atoms with van der Waals surface area (Å²) in [5.41, 5.74) is 5.51. The van der Waals surface area contributed by atoms with E-state index in [1.54, 1.807) is 0 Å². The van der Waals surface area contributed by atoms with E-state index in [0.29, 0.717) is 6.42 Å². The lowest BCUT2D eigenvalue weighted by molar-refractivity contribution is -0.136. The molecule has 0 bridgehead atoms. The number of aryl methyl sites for hydroxylation is 1. The number of primary amides is 1. The van der Waals surface area contributed by atoms with Crippen molar-refractivity contribution in [3.05, 3.63) is 35.9 Å². The van der Waals surface area contributed by atoms with Crippen LogP contribution in [-0.4, -0.2) is 24.3 Å². The average Bonchev–Trinajstić information content (AvgIpc) is 2.28. The molecule has 0 aliphatic heterocycles. The molecule has 88 valence electrons. The third kappa shape index (κ3) is 8.55. The normalized spacial score (nSPS) is 8.56. The Morgan fingerprint density at radius 3 is 2.19 bits per heavy atom. The number of carboxylic acids is 1. The maximum atomic E-state index is 10.2. The lowest BCUT2D eigenvalue weighted by Gasteiger charge is -1.95. The summed E-state index contributed by atoms with van der Waals surface area (Å²) < 4.78 is 3.89. The van der Waals surface area contributed by atoms with Gasteiger partial charge >= 0.3 is 12.1 Å². The fourth-order valence-corrected chi connectivity index (χ4v) is 0.896. The van der Waals surface area contributed by atoms with Crippen LogP contribution in [0.1, 0.15) is 12.0 Å². The average molecular weight is 225 g/mol. The summed E-state index contributed by atoms with van der Waals surface area (Å²) in [7, 11) is 1.22. The first kappa shape index (κ1) is 14.0. The molecule has 0 saturated carbocycles. The number of hydrogen-bond donors (Lipinski definition) is 2. The Balaban J connectivity index is 0.000000385. The maximum absolute atomic E-state index is 10.2. The first-order valence-electron chi connectivity index (χ1n) is 4.65. The van der Waals surface area contributed by atoms with Crippen LogP contribution in [0.3, 0.4) is 0 Å². The Bertz CT molecular complexity index is 324. The van der Waals surface area contributed by atoms with Gasteiger partial charge in [-0.15, -0.1) is 0 Å². The molecule has 0 radical (unpaired) electrons. The number of nitrogens with two attached hydrogens (primary N) is 1. The summed E-state index contributed by atoms with van der Waals surface area (Å²) >= 11 is 0. The minimum Gasteiger partial charge on any atom is -0.481 e. The van der Waals surface area contributed by atoms with Crippen molar-refractivity contribution in [3.63, 3.8) is 0 Å². The molecule has 0 fully saturated rings. The van der Waals surface area contributed by atoms with Crippen LogP contribution in [0, 0.1) is 0 Å². The zero-order chi connectivity index (χ0) is 12.4. The van der Waals surface area contributed by atoms with E-state index in [1.165, 1.54) is 7.11 Å². The van der Waals surface area contributed by atoms with Crippen LogP contribution in [0.25, 0.3) is 0 Å². The van der Waals surface area contributed by atoms with Gasteiger partial charge in [0.05, 0.1) is 7.11 Å². The molecule has 0 saturated heterocycles. The number of carbonyl (C=O) groups is 2. The molecule has 0 aliphatic rings. The minimum atomic E-state index is -0.745. The van der Waals surface area contributed by atoms with Crippen LogP contribution in [0.5, 0.6) is 0 Å². The Morgan fingerprint density at radius 2 is 1.81 bits per heavy atom. The van der Waals surface area contributed by atoms with Crippen molar-refractivity contribution in [1.29, 1.82) is 0 Å². The number of ether oxygens (including phenoxy) is 1. The van der Waals surface area contributed by atoms with Gasteiger partial charge in [-0.2, -0.15) is 0 Å². The number of carboxylic acid groups (broad SMARTS) is 1. The van der Waals surface area contributed by atoms with Gasteiger partial charge in [0.15, 0.2) is 0 Å². The lowest BCUT2D eigenvalue weighted by atomic mass is 10.1. The van der Waals surface area contributed by atoms with Gasteiger partial charge in [0.25, 0.3) is 0 Å². The lowest BCUT2D eigenvalue weighted by Crippen LogP contribution is -2.08. The number of methoxy groups -OCH3 is 1. The van der Waals surface area contributed by atoms with E-state index in [9.17, 15) is 9.59 Å². The maximum Gasteiger partial charge on any atom is 0.404 e. The van der Waals surface area contributed by atoms with Crippen molar-refractivity contribution >= 4 is 12.1 Å². The highest BCUT2D eigenvalue weighted by Crippen LogP contribution is 2.01. The molecular weight excluding hydrogens is 210 g/mol. The summed E-state index contributed by atoms with van der Waals surface area (Å²) in [5.74, 6) is -0.742. The molecule has 1 rings (SSSR count). The monoisotopic (exact) mass is 225 g/mol. The fourth-order valence-electron chi connectivity index (χ4n) is 0.896. The number of amides is 1. The molecule has 1 amide bonds. The molecule has 0 aliphatic carbocycles. The van der Waals surface area contributed by atoms with Crippen molar-refractivity contribution in [2.75, 3.05) is 7.11 Å². The van der Waals surface area contributed by atoms with Gasteiger partial charge in [0, 0.05) is 6.42 Å². The second-order valence-corrected chi connectivity index (χ2v) is 2.90. The highest BCUT2D eigenvalue weighted by Gasteiger charge is 1.96. The second-order valence-electron chi connectivity index (χ2n) is 2.90. The van der Waals surface area contributed by atoms with Gasteiger partial charge in [0.1, 0.15) is 0 Å². The highest BCUT2D eigenvalue weighted by molar-refractivity contribution is 5.67. The second kappa shape index (κ2) is 8.28. The van der Waals surface area contributed by atoms with Gasteiger partial charge in [-0.05, 0) is 12.0 Å². The van der Waals surface area contributed by atoms with Crippen LogP contribution >= 0.6 is 0 Å². The van der Waals surface area contributed by atoms with Crippen LogP contribution in [0.4, 0.5) is 4.79 Å². The molecule has 0 spiro atoms. The zero-order valence-electron chi connectivity index (χ0n) is 9.05. The summed E-state index contributed by atoms with van der Waals surface area (Å²) in [5, 5.41) is 8.37. The predicted octanol–water partition coefficient (Wildman–Crippen LogP) is 1.42. The van der Waals surface area contributed by atoms with Crippen LogP contribution in [-0.2, 0) is 16.0 Å². The molecule has 0 heterocycles. The first-order valence-corrected chi connectivity index (χ1v) is 4.65. The van der Waals surface area contributed by atoms with E-state index >= 15 is 0 Å². The SMILES string of the molecule is COC(N)=O.O=C(O)CCc1ccccc1. The third-order valence-electron chi connectivity index (χ3n) is 1.67. The Kier molecular flexibility index (Phi) is 7.23. The largest absolute Gasteiger partial charge is 0.481 e. The van der Waals surface area contributed by atoms with E-state index < -0.39 is 12.1 Å². The molecule has 5 heteroatoms. The number of hydrogen-bond acceptors (Lipinski definition) is 3. The van der Waals surface area contributed by atoms with Gasteiger partial charge in [-0.25, -0.2) is 4.79 Å². The van der Waals surface area contributed by atoms with Gasteiger partial charge in [0.2, 0.25) is 0 Å². The zero-order valence-corrected chi connectivity index (χ0v) is 9.05. The molecule has 3 N–H and O–H groups in total. The molecule has 5 nitrogen and oxygen atoms in total. The number of aliphatic carboxylic acids is 1. The van der Waals surface area contributed by atoms with Crippen LogP contribution in [0.15, 0.2) is 30.3 Å². The van der Waals surface area contributed by atoms with E-state index in [-0.39, 0.29) is 6.42 Å². The van der Waals surface area contributed by atoms with Crippen LogP contribution < -0.4 is 5.73 Å². The van der Waals surface area contributed by atoms with E-state index in [4.69, 9.17) is 5.11 Å². The van der Waals surface area contributed by atoms with Crippen molar-refractivity contribution < 1.29 is 19.4 Å². The summed E-state index contributed by atoms with van der Waals surface area (Å²) in [6, 6.07) is 9.62. The molecule has 1 aromatic rings. The summed E-state index contributed by atoms with van der Waals surface area (Å²) in [6.45, 7) is 0. The van der Waals surface area contributed by atoms with Crippen LogP contribution in [0.2, 0.25) is 0 Å². The van der Waals surface area contributed by atoms with Gasteiger partial charge in [-0.3, -0.25) is 4.79 Å². The van der Waals surface area contributed by atoms with Gasteiger partial charge in [-0.1, -0.05) is 30.3 Å². The van der Waals surface area contributed by atoms with Gasteiger partial charge < -0.3 is 15.6 Å². The number of benzene rings is 1. The number of carbonyl (C=O) groups excluding carboxylic acids is 1. The van der Waals surface area contributed by atoms with E-state index in [1.807, 2.05) is 30.3 Å². The highest BCUT2D eigenvalue weighted by atomic mass is 16.5. The fraction of sp³-hybridized carbons (Fsp3) is 0.273. The first-order chi connectivity index (χ1) is 7.56. The molecule has 0 atom stereocenters. The minimum absolute atomic E-state index is 0.212.